The Morgan fingerprint density at radius 1 is 1.29 bits per heavy atom. The molecule has 2 unspecified atom stereocenters. The van der Waals surface area contributed by atoms with Crippen molar-refractivity contribution in [3.8, 4) is 0 Å². The van der Waals surface area contributed by atoms with Crippen LogP contribution < -0.4 is 5.32 Å². The number of hydrogen-bond donors (Lipinski definition) is 1. The third-order valence-electron chi connectivity index (χ3n) is 4.66. The Hall–Kier alpha value is -0.870. The zero-order chi connectivity index (χ0) is 15.3. The van der Waals surface area contributed by atoms with Crippen LogP contribution in [0.15, 0.2) is 24.3 Å². The zero-order valence-corrected chi connectivity index (χ0v) is 14.0. The summed E-state index contributed by atoms with van der Waals surface area (Å²) in [6.45, 7) is 1.73. The van der Waals surface area contributed by atoms with Crippen LogP contribution in [0.3, 0.4) is 0 Å². The van der Waals surface area contributed by atoms with E-state index in [9.17, 15) is 8.42 Å². The third-order valence-corrected chi connectivity index (χ3v) is 6.45. The average Bonchev–Trinajstić information content (AvgIpc) is 2.66. The maximum absolute atomic E-state index is 11.6. The number of nitrogens with one attached hydrogen (secondary N) is 1. The fourth-order valence-corrected chi connectivity index (χ4v) is 4.35. The van der Waals surface area contributed by atoms with Gasteiger partial charge in [0.1, 0.15) is 9.84 Å². The van der Waals surface area contributed by atoms with E-state index >= 15 is 0 Å². The van der Waals surface area contributed by atoms with Gasteiger partial charge in [0.25, 0.3) is 0 Å². The molecule has 4 heteroatoms. The maximum atomic E-state index is 11.6. The highest BCUT2D eigenvalue weighted by molar-refractivity contribution is 7.91. The van der Waals surface area contributed by atoms with Crippen molar-refractivity contribution in [3.05, 3.63) is 35.4 Å². The molecule has 0 bridgehead atoms. The second-order valence-electron chi connectivity index (χ2n) is 6.00. The fraction of sp³-hybridized carbons (Fsp3) is 0.647. The van der Waals surface area contributed by atoms with E-state index in [-0.39, 0.29) is 5.75 Å². The normalized spacial score (nSPS) is 22.6. The van der Waals surface area contributed by atoms with Gasteiger partial charge in [-0.05, 0) is 56.2 Å². The summed E-state index contributed by atoms with van der Waals surface area (Å²) in [5.74, 6) is 1.12. The lowest BCUT2D eigenvalue weighted by Gasteiger charge is -2.26. The first kappa shape index (κ1) is 16.5. The summed E-state index contributed by atoms with van der Waals surface area (Å²) in [6, 6.07) is 9.02. The number of rotatable bonds is 6. The van der Waals surface area contributed by atoms with Crippen LogP contribution in [0.2, 0.25) is 0 Å². The highest BCUT2D eigenvalue weighted by Crippen LogP contribution is 2.35. The first-order valence-corrected chi connectivity index (χ1v) is 9.85. The molecule has 1 aliphatic carbocycles. The molecule has 0 amide bonds. The minimum atomic E-state index is -2.83. The van der Waals surface area contributed by atoms with E-state index in [0.29, 0.717) is 17.7 Å². The molecule has 0 heterocycles. The largest absolute Gasteiger partial charge is 0.313 e. The van der Waals surface area contributed by atoms with Crippen molar-refractivity contribution < 1.29 is 8.42 Å². The number of benzene rings is 1. The topological polar surface area (TPSA) is 46.2 Å². The summed E-state index contributed by atoms with van der Waals surface area (Å²) in [7, 11) is -0.818. The van der Waals surface area contributed by atoms with E-state index in [1.807, 2.05) is 7.05 Å². The Balaban J connectivity index is 2.06. The molecule has 3 nitrogen and oxygen atoms in total. The third kappa shape index (κ3) is 4.30. The van der Waals surface area contributed by atoms with E-state index in [1.165, 1.54) is 24.0 Å². The van der Waals surface area contributed by atoms with Crippen LogP contribution in [-0.4, -0.2) is 27.0 Å². The Kier molecular flexibility index (Phi) is 5.82. The number of sulfone groups is 1. The molecule has 0 spiro atoms. The summed E-state index contributed by atoms with van der Waals surface area (Å²) in [5, 5.41) is 3.46. The smallest absolute Gasteiger partial charge is 0.150 e. The second kappa shape index (κ2) is 7.41. The monoisotopic (exact) mass is 309 g/mol. The van der Waals surface area contributed by atoms with Gasteiger partial charge in [0.15, 0.2) is 0 Å². The van der Waals surface area contributed by atoms with Crippen molar-refractivity contribution in [2.24, 2.45) is 5.92 Å². The molecule has 21 heavy (non-hydrogen) atoms. The van der Waals surface area contributed by atoms with E-state index in [0.717, 1.165) is 19.3 Å². The van der Waals surface area contributed by atoms with Gasteiger partial charge in [0, 0.05) is 11.8 Å². The lowest BCUT2D eigenvalue weighted by molar-refractivity contribution is 0.337. The van der Waals surface area contributed by atoms with Crippen LogP contribution in [0.5, 0.6) is 0 Å². The van der Waals surface area contributed by atoms with Gasteiger partial charge < -0.3 is 5.32 Å². The maximum Gasteiger partial charge on any atom is 0.150 e. The molecule has 0 saturated carbocycles. The molecule has 0 aromatic heterocycles. The van der Waals surface area contributed by atoms with Crippen LogP contribution in [0.1, 0.15) is 49.8 Å². The van der Waals surface area contributed by atoms with Gasteiger partial charge in [0.2, 0.25) is 0 Å². The summed E-state index contributed by atoms with van der Waals surface area (Å²) in [5.41, 5.74) is 2.85. The van der Waals surface area contributed by atoms with Crippen molar-refractivity contribution in [1.82, 2.24) is 5.32 Å². The van der Waals surface area contributed by atoms with E-state index in [1.54, 1.807) is 6.92 Å². The van der Waals surface area contributed by atoms with Crippen molar-refractivity contribution >= 4 is 9.84 Å². The molecule has 1 aromatic carbocycles. The molecular formula is C17H27NO2S. The molecule has 1 aromatic rings. The molecule has 0 aliphatic heterocycles. The van der Waals surface area contributed by atoms with Crippen molar-refractivity contribution in [1.29, 1.82) is 0 Å². The molecule has 0 radical (unpaired) electrons. The minimum Gasteiger partial charge on any atom is -0.313 e. The Labute approximate surface area is 129 Å². The molecular weight excluding hydrogens is 282 g/mol. The van der Waals surface area contributed by atoms with Crippen molar-refractivity contribution in [2.45, 2.75) is 45.1 Å². The first-order valence-electron chi connectivity index (χ1n) is 8.03. The predicted molar refractivity (Wildman–Crippen MR) is 88.2 cm³/mol. The van der Waals surface area contributed by atoms with Gasteiger partial charge in [-0.1, -0.05) is 31.2 Å². The van der Waals surface area contributed by atoms with Crippen molar-refractivity contribution in [2.75, 3.05) is 18.6 Å². The predicted octanol–water partition coefficient (Wildman–Crippen LogP) is 3.11. The number of fused-ring (bicyclic) bond motifs is 1. The van der Waals surface area contributed by atoms with E-state index < -0.39 is 9.84 Å². The average molecular weight is 309 g/mol. The first-order chi connectivity index (χ1) is 10.1. The quantitative estimate of drug-likeness (QED) is 0.821. The van der Waals surface area contributed by atoms with Crippen molar-refractivity contribution in [3.63, 3.8) is 0 Å². The highest BCUT2D eigenvalue weighted by atomic mass is 32.2. The SMILES string of the molecule is CCS(=O)(=O)CCCC1CCCc2ccccc2C1NC. The molecule has 2 rings (SSSR count). The standard InChI is InChI=1S/C17H27NO2S/c1-3-21(19,20)13-7-11-15-10-6-9-14-8-4-5-12-16(14)17(15)18-2/h4-5,8,12,15,17-18H,3,6-7,9-11,13H2,1-2H3. The van der Waals surface area contributed by atoms with Crippen LogP contribution in [0, 0.1) is 5.92 Å². The molecule has 0 saturated heterocycles. The zero-order valence-electron chi connectivity index (χ0n) is 13.1. The summed E-state index contributed by atoms with van der Waals surface area (Å²) in [6.07, 6.45) is 5.27. The number of aryl methyl sites for hydroxylation is 1. The highest BCUT2D eigenvalue weighted by Gasteiger charge is 2.26. The Bertz CT molecular complexity index is 554. The van der Waals surface area contributed by atoms with Gasteiger partial charge in [-0.2, -0.15) is 0 Å². The Morgan fingerprint density at radius 3 is 2.76 bits per heavy atom. The molecule has 0 fully saturated rings. The van der Waals surface area contributed by atoms with Crippen LogP contribution in [-0.2, 0) is 16.3 Å². The molecule has 1 aliphatic rings. The van der Waals surface area contributed by atoms with Gasteiger partial charge in [-0.25, -0.2) is 8.42 Å². The summed E-state index contributed by atoms with van der Waals surface area (Å²) in [4.78, 5) is 0. The van der Waals surface area contributed by atoms with E-state index in [4.69, 9.17) is 0 Å². The summed E-state index contributed by atoms with van der Waals surface area (Å²) < 4.78 is 23.3. The van der Waals surface area contributed by atoms with Gasteiger partial charge in [-0.15, -0.1) is 0 Å². The second-order valence-corrected chi connectivity index (χ2v) is 8.47. The molecule has 2 atom stereocenters. The lowest BCUT2D eigenvalue weighted by Crippen LogP contribution is -2.25. The summed E-state index contributed by atoms with van der Waals surface area (Å²) >= 11 is 0. The van der Waals surface area contributed by atoms with Gasteiger partial charge >= 0.3 is 0 Å². The Morgan fingerprint density at radius 2 is 2.05 bits per heavy atom. The van der Waals surface area contributed by atoms with Gasteiger partial charge in [-0.3, -0.25) is 0 Å². The van der Waals surface area contributed by atoms with Gasteiger partial charge in [0.05, 0.1) is 5.75 Å². The van der Waals surface area contributed by atoms with Crippen LogP contribution >= 0.6 is 0 Å². The van der Waals surface area contributed by atoms with Crippen LogP contribution in [0.25, 0.3) is 0 Å². The minimum absolute atomic E-state index is 0.260. The number of hydrogen-bond acceptors (Lipinski definition) is 3. The lowest BCUT2D eigenvalue weighted by atomic mass is 9.87. The van der Waals surface area contributed by atoms with Crippen LogP contribution in [0.4, 0.5) is 0 Å². The molecule has 118 valence electrons. The fourth-order valence-electron chi connectivity index (χ4n) is 3.45. The van der Waals surface area contributed by atoms with E-state index in [2.05, 4.69) is 29.6 Å². The molecule has 1 N–H and O–H groups in total.